The van der Waals surface area contributed by atoms with Gasteiger partial charge >= 0.3 is 0 Å². The van der Waals surface area contributed by atoms with Gasteiger partial charge in [0.2, 0.25) is 10.0 Å². The fourth-order valence-corrected chi connectivity index (χ4v) is 4.14. The van der Waals surface area contributed by atoms with E-state index >= 15 is 0 Å². The molecular formula is C14H21N5O4S. The molecule has 0 bridgehead atoms. The van der Waals surface area contributed by atoms with E-state index in [1.54, 1.807) is 21.5 Å². The third-order valence-electron chi connectivity index (χ3n) is 4.44. The molecule has 1 saturated heterocycles. The molecule has 0 unspecified atom stereocenters. The molecule has 1 aliphatic heterocycles. The van der Waals surface area contributed by atoms with E-state index in [0.29, 0.717) is 11.2 Å². The van der Waals surface area contributed by atoms with Crippen LogP contribution >= 0.6 is 0 Å². The van der Waals surface area contributed by atoms with Gasteiger partial charge in [0.25, 0.3) is 5.91 Å². The topological polar surface area (TPSA) is 100 Å². The first kappa shape index (κ1) is 16.9. The standard InChI is InChI=1S/C14H21N5O4S/c1-16(2)24(22,23)9-10-7-18(8-12(10)20)14(21)11-6-15-19-5-4-17(3)13(11)19/h4-6,10,12,20H,7-9H2,1-3H3/t10-,12-/m0/s1. The Morgan fingerprint density at radius 1 is 1.38 bits per heavy atom. The molecule has 2 atom stereocenters. The van der Waals surface area contributed by atoms with E-state index in [-0.39, 0.29) is 24.7 Å². The van der Waals surface area contributed by atoms with Crippen LogP contribution < -0.4 is 0 Å². The molecule has 1 aliphatic rings. The lowest BCUT2D eigenvalue weighted by Crippen LogP contribution is -2.33. The van der Waals surface area contributed by atoms with Crippen molar-refractivity contribution in [3.8, 4) is 0 Å². The molecule has 10 heteroatoms. The van der Waals surface area contributed by atoms with Crippen LogP contribution in [0.15, 0.2) is 18.6 Å². The van der Waals surface area contributed by atoms with Crippen LogP contribution in [-0.4, -0.2) is 81.9 Å². The number of hydrogen-bond acceptors (Lipinski definition) is 5. The maximum absolute atomic E-state index is 12.8. The summed E-state index contributed by atoms with van der Waals surface area (Å²) in [5.41, 5.74) is 1.10. The minimum absolute atomic E-state index is 0.119. The van der Waals surface area contributed by atoms with Gasteiger partial charge in [0.1, 0.15) is 11.2 Å². The van der Waals surface area contributed by atoms with Gasteiger partial charge < -0.3 is 14.6 Å². The summed E-state index contributed by atoms with van der Waals surface area (Å²) in [6.45, 7) is 0.322. The van der Waals surface area contributed by atoms with Gasteiger partial charge in [-0.15, -0.1) is 0 Å². The third-order valence-corrected chi connectivity index (χ3v) is 6.40. The number of carbonyl (C=O) groups excluding carboxylic acids is 1. The Hall–Kier alpha value is -1.91. The molecule has 9 nitrogen and oxygen atoms in total. The molecule has 0 saturated carbocycles. The largest absolute Gasteiger partial charge is 0.391 e. The Morgan fingerprint density at radius 3 is 2.75 bits per heavy atom. The number of nitrogens with zero attached hydrogens (tertiary/aromatic N) is 5. The quantitative estimate of drug-likeness (QED) is 0.758. The molecule has 24 heavy (non-hydrogen) atoms. The van der Waals surface area contributed by atoms with Crippen molar-refractivity contribution >= 4 is 21.6 Å². The van der Waals surface area contributed by atoms with Crippen LogP contribution in [-0.2, 0) is 17.1 Å². The van der Waals surface area contributed by atoms with E-state index in [0.717, 1.165) is 4.31 Å². The molecular weight excluding hydrogens is 334 g/mol. The molecule has 1 amide bonds. The highest BCUT2D eigenvalue weighted by Crippen LogP contribution is 2.23. The molecule has 132 valence electrons. The maximum Gasteiger partial charge on any atom is 0.259 e. The zero-order valence-electron chi connectivity index (χ0n) is 13.8. The van der Waals surface area contributed by atoms with Gasteiger partial charge in [-0.3, -0.25) is 4.79 Å². The number of amides is 1. The Balaban J connectivity index is 1.79. The fourth-order valence-electron chi connectivity index (χ4n) is 2.97. The fraction of sp³-hybridized carbons (Fsp3) is 0.571. The Kier molecular flexibility index (Phi) is 4.14. The van der Waals surface area contributed by atoms with Gasteiger partial charge in [0.15, 0.2) is 0 Å². The minimum atomic E-state index is -3.44. The second kappa shape index (κ2) is 5.87. The first-order valence-electron chi connectivity index (χ1n) is 7.57. The number of aryl methyl sites for hydroxylation is 1. The van der Waals surface area contributed by atoms with E-state index < -0.39 is 22.0 Å². The van der Waals surface area contributed by atoms with Crippen LogP contribution in [0.4, 0.5) is 0 Å². The SMILES string of the molecule is CN(C)S(=O)(=O)C[C@@H]1CN(C(=O)c2cnn3ccn(C)c23)C[C@@H]1O. The number of imidazole rings is 1. The van der Waals surface area contributed by atoms with E-state index in [1.807, 2.05) is 7.05 Å². The lowest BCUT2D eigenvalue weighted by molar-refractivity contribution is 0.0766. The molecule has 0 spiro atoms. The number of β-amino-alcohol motifs (C(OH)–C–C–N with tert-alkyl or cyclic N) is 1. The predicted molar refractivity (Wildman–Crippen MR) is 87.0 cm³/mol. The van der Waals surface area contributed by atoms with Gasteiger partial charge in [-0.2, -0.15) is 5.10 Å². The van der Waals surface area contributed by atoms with Crippen molar-refractivity contribution in [1.82, 2.24) is 23.4 Å². The number of rotatable bonds is 4. The summed E-state index contributed by atoms with van der Waals surface area (Å²) in [6.07, 6.45) is 4.18. The van der Waals surface area contributed by atoms with Crippen LogP contribution in [0.5, 0.6) is 0 Å². The number of aromatic nitrogens is 3. The van der Waals surface area contributed by atoms with Crippen LogP contribution in [0.25, 0.3) is 5.65 Å². The molecule has 1 N–H and O–H groups in total. The summed E-state index contributed by atoms with van der Waals surface area (Å²) in [7, 11) is 1.30. The van der Waals surface area contributed by atoms with Crippen molar-refractivity contribution in [2.45, 2.75) is 6.10 Å². The van der Waals surface area contributed by atoms with E-state index in [2.05, 4.69) is 5.10 Å². The molecule has 0 radical (unpaired) electrons. The number of aliphatic hydroxyl groups is 1. The number of carbonyl (C=O) groups is 1. The highest BCUT2D eigenvalue weighted by atomic mass is 32.2. The van der Waals surface area contributed by atoms with Crippen molar-refractivity contribution in [3.05, 3.63) is 24.2 Å². The summed E-state index contributed by atoms with van der Waals surface area (Å²) >= 11 is 0. The van der Waals surface area contributed by atoms with E-state index in [4.69, 9.17) is 0 Å². The monoisotopic (exact) mass is 355 g/mol. The first-order chi connectivity index (χ1) is 11.2. The molecule has 3 rings (SSSR count). The van der Waals surface area contributed by atoms with E-state index in [9.17, 15) is 18.3 Å². The highest BCUT2D eigenvalue weighted by molar-refractivity contribution is 7.89. The Bertz CT molecular complexity index is 869. The third kappa shape index (κ3) is 2.80. The zero-order chi connectivity index (χ0) is 17.6. The van der Waals surface area contributed by atoms with Gasteiger partial charge in [0.05, 0.1) is 18.1 Å². The van der Waals surface area contributed by atoms with E-state index in [1.165, 1.54) is 25.2 Å². The lowest BCUT2D eigenvalue weighted by Gasteiger charge is -2.17. The zero-order valence-corrected chi connectivity index (χ0v) is 14.6. The molecule has 1 fully saturated rings. The molecule has 0 aliphatic carbocycles. The Labute approximate surface area is 140 Å². The second-order valence-corrected chi connectivity index (χ2v) is 8.56. The van der Waals surface area contributed by atoms with Crippen molar-refractivity contribution < 1.29 is 18.3 Å². The normalized spacial score (nSPS) is 22.0. The molecule has 2 aromatic rings. The van der Waals surface area contributed by atoms with Crippen molar-refractivity contribution in [2.75, 3.05) is 32.9 Å². The summed E-state index contributed by atoms with van der Waals surface area (Å²) in [5.74, 6) is -0.935. The smallest absolute Gasteiger partial charge is 0.259 e. The lowest BCUT2D eigenvalue weighted by atomic mass is 10.1. The van der Waals surface area contributed by atoms with Gasteiger partial charge in [0, 0.05) is 52.5 Å². The average Bonchev–Trinajstić information content (AvgIpc) is 3.16. The second-order valence-electron chi connectivity index (χ2n) is 6.33. The van der Waals surface area contributed by atoms with Crippen LogP contribution in [0.3, 0.4) is 0 Å². The number of likely N-dealkylation sites (tertiary alicyclic amines) is 1. The molecule has 3 heterocycles. The van der Waals surface area contributed by atoms with Crippen LogP contribution in [0.2, 0.25) is 0 Å². The number of fused-ring (bicyclic) bond motifs is 1. The highest BCUT2D eigenvalue weighted by Gasteiger charge is 2.38. The van der Waals surface area contributed by atoms with Crippen molar-refractivity contribution in [1.29, 1.82) is 0 Å². The van der Waals surface area contributed by atoms with Gasteiger partial charge in [-0.1, -0.05) is 0 Å². The first-order valence-corrected chi connectivity index (χ1v) is 9.18. The van der Waals surface area contributed by atoms with Crippen LogP contribution in [0, 0.1) is 5.92 Å². The summed E-state index contributed by atoms with van der Waals surface area (Å²) < 4.78 is 28.6. The number of aliphatic hydroxyl groups excluding tert-OH is 1. The summed E-state index contributed by atoms with van der Waals surface area (Å²) in [6, 6.07) is 0. The van der Waals surface area contributed by atoms with Gasteiger partial charge in [-0.05, 0) is 0 Å². The Morgan fingerprint density at radius 2 is 2.08 bits per heavy atom. The van der Waals surface area contributed by atoms with Gasteiger partial charge in [-0.25, -0.2) is 17.2 Å². The maximum atomic E-state index is 12.8. The predicted octanol–water partition coefficient (Wildman–Crippen LogP) is -1.00. The molecule has 0 aromatic carbocycles. The number of hydrogen-bond donors (Lipinski definition) is 1. The summed E-state index contributed by atoms with van der Waals surface area (Å²) in [5, 5.41) is 14.3. The molecule has 2 aromatic heterocycles. The van der Waals surface area contributed by atoms with Crippen molar-refractivity contribution in [2.24, 2.45) is 13.0 Å². The van der Waals surface area contributed by atoms with Crippen molar-refractivity contribution in [3.63, 3.8) is 0 Å². The number of sulfonamides is 1. The average molecular weight is 355 g/mol. The summed E-state index contributed by atoms with van der Waals surface area (Å²) in [4.78, 5) is 14.2. The van der Waals surface area contributed by atoms with Crippen LogP contribution in [0.1, 0.15) is 10.4 Å². The minimum Gasteiger partial charge on any atom is -0.391 e.